The van der Waals surface area contributed by atoms with Gasteiger partial charge in [0, 0.05) is 35.4 Å². The first-order chi connectivity index (χ1) is 29.8. The van der Waals surface area contributed by atoms with Crippen molar-refractivity contribution in [3.05, 3.63) is 91.5 Å². The molecule has 0 bridgehead atoms. The lowest BCUT2D eigenvalue weighted by atomic mass is 9.85. The number of rotatable bonds is 13. The van der Waals surface area contributed by atoms with Gasteiger partial charge >= 0.3 is 12.5 Å². The summed E-state index contributed by atoms with van der Waals surface area (Å²) in [6.07, 6.45) is -5.54. The van der Waals surface area contributed by atoms with Crippen LogP contribution in [0.25, 0.3) is 22.2 Å². The Hall–Kier alpha value is -6.37. The zero-order valence-electron chi connectivity index (χ0n) is 36.2. The summed E-state index contributed by atoms with van der Waals surface area (Å²) < 4.78 is 88.2. The van der Waals surface area contributed by atoms with Crippen LogP contribution in [0.15, 0.2) is 96.4 Å². The molecule has 6 rings (SSSR count). The summed E-state index contributed by atoms with van der Waals surface area (Å²) in [6.45, 7) is 13.8. The number of methoxy groups -OCH3 is 1. The van der Waals surface area contributed by atoms with Gasteiger partial charge in [-0.15, -0.1) is 19.8 Å². The number of alkyl halides is 3. The fourth-order valence-electron chi connectivity index (χ4n) is 7.38. The molecule has 1 aliphatic carbocycles. The molecule has 0 spiro atoms. The van der Waals surface area contributed by atoms with Crippen LogP contribution in [-0.4, -0.2) is 91.5 Å². The SMILES string of the molecule is C=CC1CC1(NC(=O)[C@@H]1C[C@@H](Oc2cc(-c3ccccc3)nc3cc(OC)ccc23)CN1C(=O)[C@@H](NC(=O)OC(C)(C)C)C(C)(C)C)C(=O)NS(=O)(=O)c1ccc(OC(F)(F)F)cc1. The third-order valence-electron chi connectivity index (χ3n) is 10.6. The van der Waals surface area contributed by atoms with Crippen molar-refractivity contribution in [2.75, 3.05) is 13.7 Å². The largest absolute Gasteiger partial charge is 0.573 e. The van der Waals surface area contributed by atoms with E-state index < -0.39 is 91.5 Å². The van der Waals surface area contributed by atoms with Gasteiger partial charge in [-0.3, -0.25) is 14.4 Å². The first-order valence-electron chi connectivity index (χ1n) is 20.2. The number of hydrogen-bond acceptors (Lipinski definition) is 11. The molecule has 5 atom stereocenters. The number of fused-ring (bicyclic) bond motifs is 1. The number of carbonyl (C=O) groups excluding carboxylic acids is 4. The highest BCUT2D eigenvalue weighted by Gasteiger charge is 2.61. The first-order valence-corrected chi connectivity index (χ1v) is 21.7. The second-order valence-corrected chi connectivity index (χ2v) is 19.3. The monoisotopic (exact) mass is 909 g/mol. The van der Waals surface area contributed by atoms with E-state index in [-0.39, 0.29) is 19.4 Å². The average molecular weight is 910 g/mol. The van der Waals surface area contributed by atoms with Crippen LogP contribution in [-0.2, 0) is 29.1 Å². The van der Waals surface area contributed by atoms with Crippen LogP contribution < -0.4 is 29.6 Å². The first kappa shape index (κ1) is 47.1. The van der Waals surface area contributed by atoms with Gasteiger partial charge in [-0.2, -0.15) is 0 Å². The summed E-state index contributed by atoms with van der Waals surface area (Å²) in [5.41, 5.74) is -1.76. The van der Waals surface area contributed by atoms with E-state index in [0.717, 1.165) is 29.8 Å². The molecular weight excluding hydrogens is 860 g/mol. The van der Waals surface area contributed by atoms with Gasteiger partial charge in [0.1, 0.15) is 46.6 Å². The molecular formula is C45H50F3N5O10S. The number of likely N-dealkylation sites (tertiary alicyclic amines) is 1. The lowest BCUT2D eigenvalue weighted by molar-refractivity contribution is -0.274. The van der Waals surface area contributed by atoms with Crippen LogP contribution in [0, 0.1) is 11.3 Å². The van der Waals surface area contributed by atoms with Crippen molar-refractivity contribution in [2.45, 2.75) is 95.0 Å². The Morgan fingerprint density at radius 2 is 1.59 bits per heavy atom. The number of benzene rings is 3. The number of nitrogens with zero attached hydrogens (tertiary/aromatic N) is 2. The summed E-state index contributed by atoms with van der Waals surface area (Å²) in [6, 6.07) is 17.0. The van der Waals surface area contributed by atoms with Crippen LogP contribution in [0.5, 0.6) is 17.2 Å². The number of ether oxygens (including phenoxy) is 4. The van der Waals surface area contributed by atoms with Crippen LogP contribution >= 0.6 is 0 Å². The Labute approximate surface area is 368 Å². The molecule has 2 heterocycles. The Kier molecular flexibility index (Phi) is 13.0. The molecule has 342 valence electrons. The number of alkyl carbamates (subject to hydrolysis) is 1. The van der Waals surface area contributed by atoms with Crippen LogP contribution in [0.4, 0.5) is 18.0 Å². The van der Waals surface area contributed by atoms with E-state index in [0.29, 0.717) is 28.1 Å². The van der Waals surface area contributed by atoms with Crippen LogP contribution in [0.3, 0.4) is 0 Å². The Balaban J connectivity index is 1.33. The van der Waals surface area contributed by atoms with Gasteiger partial charge in [-0.05, 0) is 69.0 Å². The highest BCUT2D eigenvalue weighted by molar-refractivity contribution is 7.90. The summed E-state index contributed by atoms with van der Waals surface area (Å²) >= 11 is 0. The fraction of sp³-hybridized carbons (Fsp3) is 0.400. The van der Waals surface area contributed by atoms with Crippen molar-refractivity contribution >= 4 is 44.7 Å². The fourth-order valence-corrected chi connectivity index (χ4v) is 8.42. The Morgan fingerprint density at radius 1 is 0.938 bits per heavy atom. The molecule has 1 aromatic heterocycles. The van der Waals surface area contributed by atoms with E-state index in [1.54, 1.807) is 65.8 Å². The maximum absolute atomic E-state index is 14.8. The molecule has 4 aromatic rings. The van der Waals surface area contributed by atoms with Crippen molar-refractivity contribution in [2.24, 2.45) is 11.3 Å². The summed E-state index contributed by atoms with van der Waals surface area (Å²) in [4.78, 5) is 61.9. The maximum Gasteiger partial charge on any atom is 0.573 e. The number of carbonyl (C=O) groups is 4. The average Bonchev–Trinajstić information content (AvgIpc) is 3.76. The summed E-state index contributed by atoms with van der Waals surface area (Å²) in [7, 11) is -3.16. The van der Waals surface area contributed by atoms with Crippen molar-refractivity contribution in [1.82, 2.24) is 25.2 Å². The van der Waals surface area contributed by atoms with E-state index in [1.807, 2.05) is 35.1 Å². The molecule has 3 aromatic carbocycles. The van der Waals surface area contributed by atoms with E-state index in [1.165, 1.54) is 18.1 Å². The summed E-state index contributed by atoms with van der Waals surface area (Å²) in [5.74, 6) is -3.13. The minimum atomic E-state index is -5.02. The molecule has 2 fully saturated rings. The van der Waals surface area contributed by atoms with Gasteiger partial charge < -0.3 is 34.5 Å². The molecule has 4 amide bonds. The number of halogens is 3. The number of amides is 4. The molecule has 15 nitrogen and oxygen atoms in total. The third kappa shape index (κ3) is 10.9. The minimum absolute atomic E-state index is 0.0674. The van der Waals surface area contributed by atoms with Crippen LogP contribution in [0.1, 0.15) is 54.4 Å². The van der Waals surface area contributed by atoms with Gasteiger partial charge in [0.05, 0.1) is 29.8 Å². The highest BCUT2D eigenvalue weighted by atomic mass is 32.2. The zero-order valence-corrected chi connectivity index (χ0v) is 37.1. The van der Waals surface area contributed by atoms with Gasteiger partial charge in [-0.25, -0.2) is 22.9 Å². The molecule has 0 radical (unpaired) electrons. The van der Waals surface area contributed by atoms with Crippen molar-refractivity contribution in [3.8, 4) is 28.5 Å². The Morgan fingerprint density at radius 3 is 2.17 bits per heavy atom. The molecule has 1 saturated heterocycles. The number of hydrogen-bond donors (Lipinski definition) is 3. The predicted molar refractivity (Wildman–Crippen MR) is 229 cm³/mol. The van der Waals surface area contributed by atoms with Crippen molar-refractivity contribution in [1.29, 1.82) is 0 Å². The lowest BCUT2D eigenvalue weighted by Crippen LogP contribution is -2.60. The number of sulfonamides is 1. The van der Waals surface area contributed by atoms with Crippen molar-refractivity contribution in [3.63, 3.8) is 0 Å². The molecule has 1 aliphatic heterocycles. The topological polar surface area (TPSA) is 192 Å². The maximum atomic E-state index is 14.8. The van der Waals surface area contributed by atoms with Crippen molar-refractivity contribution < 1.29 is 59.7 Å². The van der Waals surface area contributed by atoms with Crippen LogP contribution in [0.2, 0.25) is 0 Å². The minimum Gasteiger partial charge on any atom is -0.497 e. The second-order valence-electron chi connectivity index (χ2n) is 17.6. The van der Waals surface area contributed by atoms with Gasteiger partial charge in [0.15, 0.2) is 0 Å². The third-order valence-corrected chi connectivity index (χ3v) is 12.0. The van der Waals surface area contributed by atoms with E-state index >= 15 is 0 Å². The summed E-state index contributed by atoms with van der Waals surface area (Å²) in [5, 5.41) is 5.97. The standard InChI is InChI=1S/C45H50F3N5O10S/c1-9-27-24-44(27,40(56)52-64(58,59)31-18-15-28(16-19-31)62-45(46,47)48)51-38(54)35-22-30(25-53(35)39(55)37(42(2,3)4)50-41(57)63-43(5,6)7)61-36-23-33(26-13-11-10-12-14-26)49-34-21-29(60-8)17-20-32(34)36/h9-21,23,27,30,35,37H,1,22,24-25H2,2-8H3,(H,50,57)(H,51,54)(H,52,56)/t27?,30-,35+,37-,44?/m1/s1. The van der Waals surface area contributed by atoms with E-state index in [4.69, 9.17) is 19.2 Å². The number of nitrogens with one attached hydrogen (secondary N) is 3. The quantitative estimate of drug-likeness (QED) is 0.122. The second kappa shape index (κ2) is 17.7. The van der Waals surface area contributed by atoms with Gasteiger partial charge in [0.2, 0.25) is 11.8 Å². The normalized spacial score (nSPS) is 20.4. The highest BCUT2D eigenvalue weighted by Crippen LogP contribution is 2.45. The lowest BCUT2D eigenvalue weighted by Gasteiger charge is -2.36. The predicted octanol–water partition coefficient (Wildman–Crippen LogP) is 6.66. The molecule has 2 unspecified atom stereocenters. The van der Waals surface area contributed by atoms with E-state index in [2.05, 4.69) is 21.9 Å². The number of pyridine rings is 1. The zero-order chi connectivity index (χ0) is 47.0. The van der Waals surface area contributed by atoms with Gasteiger partial charge in [0.25, 0.3) is 15.9 Å². The molecule has 1 saturated carbocycles. The molecule has 3 N–H and O–H groups in total. The van der Waals surface area contributed by atoms with E-state index in [9.17, 15) is 40.8 Å². The smallest absolute Gasteiger partial charge is 0.497 e. The molecule has 2 aliphatic rings. The number of aromatic nitrogens is 1. The molecule has 19 heteroatoms. The molecule has 64 heavy (non-hydrogen) atoms. The van der Waals surface area contributed by atoms with Gasteiger partial charge in [-0.1, -0.05) is 57.2 Å². The Bertz CT molecular complexity index is 2540.